The first kappa shape index (κ1) is 7.06. The predicted octanol–water partition coefficient (Wildman–Crippen LogP) is 2.41. The summed E-state index contributed by atoms with van der Waals surface area (Å²) in [4.78, 5) is 0. The summed E-state index contributed by atoms with van der Waals surface area (Å²) >= 11 is 0. The third-order valence-corrected chi connectivity index (χ3v) is 1.16. The molecule has 1 aromatic rings. The van der Waals surface area contributed by atoms with Gasteiger partial charge in [-0.3, -0.25) is 0 Å². The fourth-order valence-electron chi connectivity index (χ4n) is 0.696. The highest BCUT2D eigenvalue weighted by Gasteiger charge is 1.92. The Bertz CT molecular complexity index is 225. The molecule has 2 nitrogen and oxygen atoms in total. The fraction of sp³-hybridized carbons (Fsp3) is 0.375. The Balaban J connectivity index is 2.67. The Labute approximate surface area is 60.5 Å². The molecule has 0 aliphatic rings. The molecule has 0 aliphatic heterocycles. The lowest BCUT2D eigenvalue weighted by Gasteiger charge is -1.77. The number of allylic oxidation sites excluding steroid dienone is 1. The van der Waals surface area contributed by atoms with Crippen molar-refractivity contribution in [3.8, 4) is 0 Å². The Kier molecular flexibility index (Phi) is 2.26. The van der Waals surface area contributed by atoms with Crippen molar-refractivity contribution in [1.82, 2.24) is 5.16 Å². The molecule has 0 atom stereocenters. The first-order valence-corrected chi connectivity index (χ1v) is 3.43. The average molecular weight is 137 g/mol. The molecule has 54 valence electrons. The van der Waals surface area contributed by atoms with Crippen molar-refractivity contribution in [2.75, 3.05) is 0 Å². The molecule has 0 saturated heterocycles. The minimum absolute atomic E-state index is 0.833. The van der Waals surface area contributed by atoms with Gasteiger partial charge in [0.25, 0.3) is 0 Å². The number of hydrogen-bond acceptors (Lipinski definition) is 2. The maximum Gasteiger partial charge on any atom is 0.159 e. The molecule has 1 rings (SSSR count). The molecule has 10 heavy (non-hydrogen) atoms. The second-order valence-electron chi connectivity index (χ2n) is 2.18. The molecular weight excluding hydrogens is 126 g/mol. The lowest BCUT2D eigenvalue weighted by atomic mass is 10.3. The van der Waals surface area contributed by atoms with E-state index in [1.165, 1.54) is 0 Å². The van der Waals surface area contributed by atoms with Gasteiger partial charge in [0.2, 0.25) is 0 Å². The minimum atomic E-state index is 0.833. The molecule has 1 heterocycles. The average Bonchev–Trinajstić information content (AvgIpc) is 2.31. The molecule has 0 radical (unpaired) electrons. The van der Waals surface area contributed by atoms with Gasteiger partial charge in [-0.1, -0.05) is 18.2 Å². The van der Waals surface area contributed by atoms with Gasteiger partial charge in [-0.15, -0.1) is 0 Å². The van der Waals surface area contributed by atoms with Crippen LogP contribution in [-0.4, -0.2) is 5.16 Å². The maximum absolute atomic E-state index is 4.93. The first-order valence-electron chi connectivity index (χ1n) is 3.43. The molecule has 0 fully saturated rings. The van der Waals surface area contributed by atoms with Crippen LogP contribution < -0.4 is 0 Å². The Morgan fingerprint density at radius 2 is 2.50 bits per heavy atom. The molecule has 0 spiro atoms. The van der Waals surface area contributed by atoms with Gasteiger partial charge in [-0.25, -0.2) is 0 Å². The summed E-state index contributed by atoms with van der Waals surface area (Å²) in [5.41, 5.74) is 0.927. The zero-order valence-electron chi connectivity index (χ0n) is 6.29. The van der Waals surface area contributed by atoms with Crippen LogP contribution in [0.3, 0.4) is 0 Å². The summed E-state index contributed by atoms with van der Waals surface area (Å²) in [6.07, 6.45) is 5.00. The summed E-state index contributed by atoms with van der Waals surface area (Å²) in [7, 11) is 0. The largest absolute Gasteiger partial charge is 0.357 e. The monoisotopic (exact) mass is 137 g/mol. The Hall–Kier alpha value is -1.05. The quantitative estimate of drug-likeness (QED) is 0.625. The van der Waals surface area contributed by atoms with Crippen molar-refractivity contribution in [3.05, 3.63) is 23.6 Å². The summed E-state index contributed by atoms with van der Waals surface area (Å²) in [5.74, 6) is 0.833. The number of aromatic nitrogens is 1. The molecule has 1 aromatic heterocycles. The zero-order valence-corrected chi connectivity index (χ0v) is 6.29. The lowest BCUT2D eigenvalue weighted by Crippen LogP contribution is -1.60. The molecule has 0 N–H and O–H groups in total. The summed E-state index contributed by atoms with van der Waals surface area (Å²) in [6, 6.07) is 1.91. The topological polar surface area (TPSA) is 26.0 Å². The van der Waals surface area contributed by atoms with Crippen molar-refractivity contribution in [2.24, 2.45) is 0 Å². The Morgan fingerprint density at radius 1 is 1.70 bits per heavy atom. The van der Waals surface area contributed by atoms with Crippen LogP contribution in [-0.2, 0) is 0 Å². The minimum Gasteiger partial charge on any atom is -0.357 e. The lowest BCUT2D eigenvalue weighted by molar-refractivity contribution is 0.408. The molecule has 0 saturated carbocycles. The number of aryl methyl sites for hydroxylation is 1. The van der Waals surface area contributed by atoms with E-state index >= 15 is 0 Å². The van der Waals surface area contributed by atoms with Gasteiger partial charge in [0, 0.05) is 6.07 Å². The van der Waals surface area contributed by atoms with Gasteiger partial charge >= 0.3 is 0 Å². The number of rotatable bonds is 2. The smallest absolute Gasteiger partial charge is 0.159 e. The standard InChI is InChI=1S/C8H11NO/c1-3-4-5-8-6-7(2)9-10-8/h4-6H,3H2,1-2H3/b5-4+. The van der Waals surface area contributed by atoms with E-state index in [4.69, 9.17) is 4.52 Å². The van der Waals surface area contributed by atoms with Crippen LogP contribution in [0, 0.1) is 6.92 Å². The summed E-state index contributed by atoms with van der Waals surface area (Å²) in [5, 5.41) is 3.74. The van der Waals surface area contributed by atoms with Crippen molar-refractivity contribution < 1.29 is 4.52 Å². The molecule has 0 aromatic carbocycles. The molecular formula is C8H11NO. The molecule has 0 unspecified atom stereocenters. The summed E-state index contributed by atoms with van der Waals surface area (Å²) in [6.45, 7) is 3.99. The van der Waals surface area contributed by atoms with Crippen molar-refractivity contribution in [1.29, 1.82) is 0 Å². The van der Waals surface area contributed by atoms with E-state index in [1.54, 1.807) is 0 Å². The van der Waals surface area contributed by atoms with Crippen LogP contribution in [0.15, 0.2) is 16.7 Å². The van der Waals surface area contributed by atoms with Crippen LogP contribution in [0.5, 0.6) is 0 Å². The van der Waals surface area contributed by atoms with Crippen LogP contribution in [0.2, 0.25) is 0 Å². The Morgan fingerprint density at radius 3 is 3.00 bits per heavy atom. The van der Waals surface area contributed by atoms with Crippen molar-refractivity contribution in [3.63, 3.8) is 0 Å². The fourth-order valence-corrected chi connectivity index (χ4v) is 0.696. The molecule has 2 heteroatoms. The van der Waals surface area contributed by atoms with E-state index in [2.05, 4.69) is 12.1 Å². The molecule has 0 bridgehead atoms. The highest BCUT2D eigenvalue weighted by Crippen LogP contribution is 2.04. The normalized spacial score (nSPS) is 11.0. The zero-order chi connectivity index (χ0) is 7.40. The third kappa shape index (κ3) is 1.72. The van der Waals surface area contributed by atoms with Crippen molar-refractivity contribution >= 4 is 6.08 Å². The predicted molar refractivity (Wildman–Crippen MR) is 40.6 cm³/mol. The van der Waals surface area contributed by atoms with Gasteiger partial charge in [0.1, 0.15) is 0 Å². The second-order valence-corrected chi connectivity index (χ2v) is 2.18. The SMILES string of the molecule is CC/C=C/c1cc(C)no1. The third-order valence-electron chi connectivity index (χ3n) is 1.16. The van der Waals surface area contributed by atoms with Gasteiger partial charge in [-0.2, -0.15) is 0 Å². The van der Waals surface area contributed by atoms with Gasteiger partial charge in [0.15, 0.2) is 5.76 Å². The van der Waals surface area contributed by atoms with E-state index in [1.807, 2.05) is 25.1 Å². The maximum atomic E-state index is 4.93. The van der Waals surface area contributed by atoms with Gasteiger partial charge < -0.3 is 4.52 Å². The molecule has 0 aliphatic carbocycles. The van der Waals surface area contributed by atoms with E-state index in [9.17, 15) is 0 Å². The van der Waals surface area contributed by atoms with E-state index in [0.29, 0.717) is 0 Å². The van der Waals surface area contributed by atoms with Crippen LogP contribution >= 0.6 is 0 Å². The van der Waals surface area contributed by atoms with Crippen LogP contribution in [0.4, 0.5) is 0 Å². The first-order chi connectivity index (χ1) is 4.83. The van der Waals surface area contributed by atoms with Gasteiger partial charge in [-0.05, 0) is 19.4 Å². The van der Waals surface area contributed by atoms with Crippen molar-refractivity contribution in [2.45, 2.75) is 20.3 Å². The summed E-state index contributed by atoms with van der Waals surface area (Å²) < 4.78 is 4.93. The van der Waals surface area contributed by atoms with Gasteiger partial charge in [0.05, 0.1) is 5.69 Å². The van der Waals surface area contributed by atoms with Crippen LogP contribution in [0.1, 0.15) is 24.8 Å². The van der Waals surface area contributed by atoms with E-state index in [-0.39, 0.29) is 0 Å². The number of nitrogens with zero attached hydrogens (tertiary/aromatic N) is 1. The second kappa shape index (κ2) is 3.20. The van der Waals surface area contributed by atoms with Crippen LogP contribution in [0.25, 0.3) is 6.08 Å². The van der Waals surface area contributed by atoms with E-state index in [0.717, 1.165) is 17.9 Å². The van der Waals surface area contributed by atoms with E-state index < -0.39 is 0 Å². The number of hydrogen-bond donors (Lipinski definition) is 0. The molecule has 0 amide bonds. The highest BCUT2D eigenvalue weighted by atomic mass is 16.5. The highest BCUT2D eigenvalue weighted by molar-refractivity contribution is 5.42.